The molecule has 3 aromatic rings. The highest BCUT2D eigenvalue weighted by molar-refractivity contribution is 9.10. The molecule has 4 rings (SSSR count). The molecule has 0 N–H and O–H groups in total. The number of esters is 1. The number of piperidine rings is 1. The van der Waals surface area contributed by atoms with Gasteiger partial charge in [0.25, 0.3) is 5.89 Å². The van der Waals surface area contributed by atoms with Gasteiger partial charge in [0.1, 0.15) is 18.0 Å². The van der Waals surface area contributed by atoms with Gasteiger partial charge in [0, 0.05) is 35.8 Å². The molecular weight excluding hydrogens is 457 g/mol. The van der Waals surface area contributed by atoms with Crippen molar-refractivity contribution in [1.82, 2.24) is 20.1 Å². The molecule has 0 unspecified atom stereocenters. The van der Waals surface area contributed by atoms with E-state index in [-0.39, 0.29) is 17.6 Å². The second-order valence-electron chi connectivity index (χ2n) is 7.80. The number of benzene rings is 1. The summed E-state index contributed by atoms with van der Waals surface area (Å²) in [5.41, 5.74) is -0.297. The molecule has 0 spiro atoms. The molecule has 1 fully saturated rings. The molecule has 0 amide bonds. The molecule has 1 aromatic carbocycles. The minimum absolute atomic E-state index is 0.114. The summed E-state index contributed by atoms with van der Waals surface area (Å²) in [5.74, 6) is 0.957. The molecule has 1 saturated heterocycles. The molecule has 1 aliphatic heterocycles. The zero-order chi connectivity index (χ0) is 21.5. The van der Waals surface area contributed by atoms with Crippen LogP contribution >= 0.6 is 15.9 Å². The minimum Gasteiger partial charge on any atom is -0.450 e. The van der Waals surface area contributed by atoms with Crippen LogP contribution in [0.15, 0.2) is 27.5 Å². The van der Waals surface area contributed by atoms with Crippen molar-refractivity contribution in [3.63, 3.8) is 0 Å². The number of hydrogen-bond acceptors (Lipinski definition) is 8. The van der Waals surface area contributed by atoms with Crippen molar-refractivity contribution in [1.29, 1.82) is 0 Å². The Balaban J connectivity index is 1.50. The molecule has 10 heteroatoms. The Kier molecular flexibility index (Phi) is 5.44. The van der Waals surface area contributed by atoms with E-state index >= 15 is 0 Å². The van der Waals surface area contributed by atoms with E-state index in [0.29, 0.717) is 40.1 Å². The van der Waals surface area contributed by atoms with Crippen molar-refractivity contribution < 1.29 is 18.4 Å². The summed E-state index contributed by atoms with van der Waals surface area (Å²) >= 11 is 3.37. The summed E-state index contributed by atoms with van der Waals surface area (Å²) in [6, 6.07) is 2.86. The van der Waals surface area contributed by atoms with E-state index in [2.05, 4.69) is 40.9 Å². The normalized spacial score (nSPS) is 15.6. The van der Waals surface area contributed by atoms with Crippen molar-refractivity contribution >= 4 is 38.6 Å². The topological polar surface area (TPSA) is 94.2 Å². The Labute approximate surface area is 181 Å². The molecule has 3 heterocycles. The number of aromatic nitrogens is 4. The van der Waals surface area contributed by atoms with Crippen LogP contribution in [0.25, 0.3) is 10.9 Å². The molecule has 0 aliphatic carbocycles. The lowest BCUT2D eigenvalue weighted by Crippen LogP contribution is -2.34. The summed E-state index contributed by atoms with van der Waals surface area (Å²) < 4.78 is 25.2. The fourth-order valence-corrected chi connectivity index (χ4v) is 4.26. The molecule has 0 bridgehead atoms. The van der Waals surface area contributed by atoms with Crippen LogP contribution in [0, 0.1) is 5.82 Å². The largest absolute Gasteiger partial charge is 0.450 e. The number of fused-ring (bicyclic) bond motifs is 1. The number of nitrogens with zero attached hydrogens (tertiary/aromatic N) is 5. The van der Waals surface area contributed by atoms with E-state index in [4.69, 9.17) is 9.26 Å². The quantitative estimate of drug-likeness (QED) is 0.518. The minimum atomic E-state index is -0.977. The van der Waals surface area contributed by atoms with Crippen molar-refractivity contribution in [2.24, 2.45) is 0 Å². The van der Waals surface area contributed by atoms with Gasteiger partial charge in [-0.15, -0.1) is 0 Å². The number of halogens is 2. The predicted molar refractivity (Wildman–Crippen MR) is 110 cm³/mol. The summed E-state index contributed by atoms with van der Waals surface area (Å²) in [7, 11) is 0. The zero-order valence-corrected chi connectivity index (χ0v) is 18.4. The van der Waals surface area contributed by atoms with E-state index in [1.807, 2.05) is 0 Å². The number of rotatable bonds is 4. The third-order valence-electron chi connectivity index (χ3n) is 5.15. The van der Waals surface area contributed by atoms with E-state index < -0.39 is 11.6 Å². The Bertz CT molecular complexity index is 1100. The predicted octanol–water partition coefficient (Wildman–Crippen LogP) is 4.10. The van der Waals surface area contributed by atoms with Gasteiger partial charge in [-0.2, -0.15) is 4.98 Å². The zero-order valence-electron chi connectivity index (χ0n) is 16.9. The highest BCUT2D eigenvalue weighted by Crippen LogP contribution is 2.34. The molecule has 1 aliphatic rings. The maximum absolute atomic E-state index is 13.9. The van der Waals surface area contributed by atoms with Gasteiger partial charge in [0.15, 0.2) is 11.4 Å². The van der Waals surface area contributed by atoms with Crippen LogP contribution in [0.5, 0.6) is 0 Å². The second-order valence-corrected chi connectivity index (χ2v) is 8.66. The van der Waals surface area contributed by atoms with Crippen molar-refractivity contribution in [3.05, 3.63) is 40.5 Å². The Morgan fingerprint density at radius 3 is 2.73 bits per heavy atom. The highest BCUT2D eigenvalue weighted by Gasteiger charge is 2.33. The van der Waals surface area contributed by atoms with Crippen LogP contribution in [0.3, 0.4) is 0 Å². The Morgan fingerprint density at radius 2 is 2.03 bits per heavy atom. The van der Waals surface area contributed by atoms with Crippen LogP contribution in [0.4, 0.5) is 10.2 Å². The lowest BCUT2D eigenvalue weighted by Gasteiger charge is -2.32. The van der Waals surface area contributed by atoms with Crippen LogP contribution in [-0.4, -0.2) is 39.2 Å². The smallest absolute Gasteiger partial charge is 0.303 e. The first kappa shape index (κ1) is 20.6. The van der Waals surface area contributed by atoms with Gasteiger partial charge in [-0.3, -0.25) is 4.79 Å². The molecule has 0 atom stereocenters. The summed E-state index contributed by atoms with van der Waals surface area (Å²) in [6.07, 6.45) is 3.07. The molecule has 2 aromatic heterocycles. The van der Waals surface area contributed by atoms with Crippen molar-refractivity contribution in [2.45, 2.75) is 45.1 Å². The van der Waals surface area contributed by atoms with E-state index in [0.717, 1.165) is 12.8 Å². The first-order chi connectivity index (χ1) is 14.2. The van der Waals surface area contributed by atoms with Crippen LogP contribution in [-0.2, 0) is 15.1 Å². The first-order valence-electron chi connectivity index (χ1n) is 9.63. The number of hydrogen-bond donors (Lipinski definition) is 0. The van der Waals surface area contributed by atoms with Gasteiger partial charge < -0.3 is 14.2 Å². The number of carbonyl (C=O) groups excluding carboxylic acids is 1. The molecule has 0 radical (unpaired) electrons. The molecule has 8 nitrogen and oxygen atoms in total. The SMILES string of the molecule is CC(=O)OC(C)(C)c1nc(C2CCN(c3ncnc4c(Br)cc(F)cc34)CC2)no1. The van der Waals surface area contributed by atoms with Gasteiger partial charge in [0.2, 0.25) is 0 Å². The van der Waals surface area contributed by atoms with Gasteiger partial charge in [0.05, 0.1) is 5.52 Å². The van der Waals surface area contributed by atoms with E-state index in [9.17, 15) is 9.18 Å². The number of anilines is 1. The number of carbonyl (C=O) groups is 1. The fraction of sp³-hybridized carbons (Fsp3) is 0.450. The van der Waals surface area contributed by atoms with Crippen LogP contribution < -0.4 is 4.90 Å². The van der Waals surface area contributed by atoms with Crippen LogP contribution in [0.1, 0.15) is 51.2 Å². The molecular formula is C20H21BrFN5O3. The summed E-state index contributed by atoms with van der Waals surface area (Å²) in [6.45, 7) is 6.19. The lowest BCUT2D eigenvalue weighted by molar-refractivity contribution is -0.157. The maximum Gasteiger partial charge on any atom is 0.303 e. The maximum atomic E-state index is 13.9. The molecule has 30 heavy (non-hydrogen) atoms. The second kappa shape index (κ2) is 7.90. The third-order valence-corrected chi connectivity index (χ3v) is 5.76. The highest BCUT2D eigenvalue weighted by atomic mass is 79.9. The third kappa shape index (κ3) is 4.00. The summed E-state index contributed by atoms with van der Waals surface area (Å²) in [5, 5.41) is 4.78. The average Bonchev–Trinajstić information content (AvgIpc) is 3.18. The fourth-order valence-electron chi connectivity index (χ4n) is 3.73. The molecule has 158 valence electrons. The summed E-state index contributed by atoms with van der Waals surface area (Å²) in [4.78, 5) is 26.6. The van der Waals surface area contributed by atoms with Crippen molar-refractivity contribution in [3.8, 4) is 0 Å². The monoisotopic (exact) mass is 477 g/mol. The standard InChI is InChI=1S/C20H21BrFN5O3/c1-11(28)29-20(2,3)19-25-17(26-30-19)12-4-6-27(7-5-12)18-14-8-13(22)9-15(21)16(14)23-10-24-18/h8-10,12H,4-7H2,1-3H3. The van der Waals surface area contributed by atoms with Gasteiger partial charge in [-0.25, -0.2) is 14.4 Å². The number of ether oxygens (including phenoxy) is 1. The van der Waals surface area contributed by atoms with Gasteiger partial charge in [-0.05, 0) is 54.8 Å². The Morgan fingerprint density at radius 1 is 1.30 bits per heavy atom. The van der Waals surface area contributed by atoms with Gasteiger partial charge >= 0.3 is 5.97 Å². The Hall–Kier alpha value is -2.62. The van der Waals surface area contributed by atoms with Crippen LogP contribution in [0.2, 0.25) is 0 Å². The molecule has 0 saturated carbocycles. The van der Waals surface area contributed by atoms with E-state index in [1.165, 1.54) is 25.4 Å². The van der Waals surface area contributed by atoms with Crippen molar-refractivity contribution in [2.75, 3.05) is 18.0 Å². The first-order valence-corrected chi connectivity index (χ1v) is 10.4. The average molecular weight is 478 g/mol. The lowest BCUT2D eigenvalue weighted by atomic mass is 9.96. The van der Waals surface area contributed by atoms with Gasteiger partial charge in [-0.1, -0.05) is 5.16 Å². The van der Waals surface area contributed by atoms with E-state index in [1.54, 1.807) is 13.8 Å².